The van der Waals surface area contributed by atoms with Crippen LogP contribution in [0.4, 0.5) is 0 Å². The van der Waals surface area contributed by atoms with Crippen LogP contribution in [0.2, 0.25) is 0 Å². The van der Waals surface area contributed by atoms with Gasteiger partial charge in [0.2, 0.25) is 0 Å². The monoisotopic (exact) mass is 359 g/mol. The largest absolute Gasteiger partial charge is 0.347 e. The molecule has 0 heterocycles. The Morgan fingerprint density at radius 3 is 2.65 bits per heavy atom. The van der Waals surface area contributed by atoms with Crippen molar-refractivity contribution in [2.75, 3.05) is 0 Å². The molecular formula is C13H15Br2NO. The van der Waals surface area contributed by atoms with Gasteiger partial charge >= 0.3 is 0 Å². The highest BCUT2D eigenvalue weighted by molar-refractivity contribution is 9.11. The zero-order valence-corrected chi connectivity index (χ0v) is 12.9. The number of halogens is 2. The molecule has 1 aliphatic rings. The van der Waals surface area contributed by atoms with E-state index in [2.05, 4.69) is 44.1 Å². The van der Waals surface area contributed by atoms with E-state index in [0.717, 1.165) is 28.2 Å². The lowest BCUT2D eigenvalue weighted by atomic mass is 9.74. The Bertz CT molecular complexity index is 436. The van der Waals surface area contributed by atoms with E-state index in [0.29, 0.717) is 5.56 Å². The van der Waals surface area contributed by atoms with Crippen molar-refractivity contribution in [3.63, 3.8) is 0 Å². The SMILES string of the molecule is CCC1(NC(=O)c2cc(Br)ccc2Br)CCC1. The Hall–Kier alpha value is -0.350. The predicted molar refractivity (Wildman–Crippen MR) is 76.2 cm³/mol. The summed E-state index contributed by atoms with van der Waals surface area (Å²) in [7, 11) is 0. The Morgan fingerprint density at radius 1 is 1.41 bits per heavy atom. The molecule has 4 heteroatoms. The molecule has 0 atom stereocenters. The number of carbonyl (C=O) groups excluding carboxylic acids is 1. The zero-order valence-electron chi connectivity index (χ0n) is 9.72. The van der Waals surface area contributed by atoms with Crippen LogP contribution in [0.25, 0.3) is 0 Å². The van der Waals surface area contributed by atoms with Gasteiger partial charge in [-0.05, 0) is 59.8 Å². The molecule has 0 saturated heterocycles. The first-order valence-electron chi connectivity index (χ1n) is 5.84. The fourth-order valence-electron chi connectivity index (χ4n) is 2.15. The third-order valence-corrected chi connectivity index (χ3v) is 4.72. The van der Waals surface area contributed by atoms with E-state index < -0.39 is 0 Å². The van der Waals surface area contributed by atoms with Crippen molar-refractivity contribution < 1.29 is 4.79 Å². The maximum absolute atomic E-state index is 12.2. The lowest BCUT2D eigenvalue weighted by Gasteiger charge is -2.42. The fraction of sp³-hybridized carbons (Fsp3) is 0.462. The summed E-state index contributed by atoms with van der Waals surface area (Å²) < 4.78 is 1.76. The molecule has 1 saturated carbocycles. The molecule has 0 unspecified atom stereocenters. The number of hydrogen-bond donors (Lipinski definition) is 1. The van der Waals surface area contributed by atoms with Crippen LogP contribution < -0.4 is 5.32 Å². The highest BCUT2D eigenvalue weighted by atomic mass is 79.9. The predicted octanol–water partition coefficient (Wildman–Crippen LogP) is 4.27. The van der Waals surface area contributed by atoms with Gasteiger partial charge < -0.3 is 5.32 Å². The number of benzene rings is 1. The van der Waals surface area contributed by atoms with E-state index in [1.165, 1.54) is 6.42 Å². The van der Waals surface area contributed by atoms with E-state index in [9.17, 15) is 4.79 Å². The molecular weight excluding hydrogens is 346 g/mol. The summed E-state index contributed by atoms with van der Waals surface area (Å²) >= 11 is 6.81. The van der Waals surface area contributed by atoms with E-state index in [4.69, 9.17) is 0 Å². The first-order valence-corrected chi connectivity index (χ1v) is 7.42. The molecule has 2 rings (SSSR count). The molecule has 0 aromatic heterocycles. The van der Waals surface area contributed by atoms with E-state index in [1.807, 2.05) is 18.2 Å². The van der Waals surface area contributed by atoms with Crippen molar-refractivity contribution >= 4 is 37.8 Å². The van der Waals surface area contributed by atoms with Gasteiger partial charge in [-0.2, -0.15) is 0 Å². The van der Waals surface area contributed by atoms with Gasteiger partial charge in [-0.15, -0.1) is 0 Å². The highest BCUT2D eigenvalue weighted by Crippen LogP contribution is 2.35. The number of nitrogens with one attached hydrogen (secondary N) is 1. The average molecular weight is 361 g/mol. The fourth-order valence-corrected chi connectivity index (χ4v) is 2.94. The lowest BCUT2D eigenvalue weighted by Crippen LogP contribution is -2.53. The summed E-state index contributed by atoms with van der Waals surface area (Å²) in [4.78, 5) is 12.2. The first-order chi connectivity index (χ1) is 8.06. The van der Waals surface area contributed by atoms with Gasteiger partial charge in [-0.1, -0.05) is 22.9 Å². The summed E-state index contributed by atoms with van der Waals surface area (Å²) in [6.45, 7) is 2.13. The lowest BCUT2D eigenvalue weighted by molar-refractivity contribution is 0.0819. The quantitative estimate of drug-likeness (QED) is 0.856. The Kier molecular flexibility index (Phi) is 3.93. The number of hydrogen-bond acceptors (Lipinski definition) is 1. The molecule has 1 N–H and O–H groups in total. The number of carbonyl (C=O) groups is 1. The third kappa shape index (κ3) is 2.74. The molecule has 0 spiro atoms. The molecule has 17 heavy (non-hydrogen) atoms. The standard InChI is InChI=1S/C13H15Br2NO/c1-2-13(6-3-7-13)16-12(17)10-8-9(14)4-5-11(10)15/h4-5,8H,2-3,6-7H2,1H3,(H,16,17). The molecule has 0 aliphatic heterocycles. The second-order valence-corrected chi connectivity index (χ2v) is 6.34. The minimum Gasteiger partial charge on any atom is -0.347 e. The molecule has 1 aromatic carbocycles. The Labute approximate surface area is 118 Å². The Morgan fingerprint density at radius 2 is 2.12 bits per heavy atom. The van der Waals surface area contributed by atoms with Crippen LogP contribution in [0.5, 0.6) is 0 Å². The summed E-state index contributed by atoms with van der Waals surface area (Å²) in [5, 5.41) is 3.17. The first kappa shape index (κ1) is 13.1. The van der Waals surface area contributed by atoms with Crippen LogP contribution in [0.1, 0.15) is 43.0 Å². The second-order valence-electron chi connectivity index (χ2n) is 4.57. The van der Waals surface area contributed by atoms with Crippen molar-refractivity contribution in [2.24, 2.45) is 0 Å². The molecule has 1 aromatic rings. The minimum absolute atomic E-state index is 0.0136. The number of amides is 1. The molecule has 0 bridgehead atoms. The maximum Gasteiger partial charge on any atom is 0.252 e. The van der Waals surface area contributed by atoms with Gasteiger partial charge in [0.1, 0.15) is 0 Å². The summed E-state index contributed by atoms with van der Waals surface area (Å²) in [5.41, 5.74) is 0.734. The minimum atomic E-state index is 0.0136. The zero-order chi connectivity index (χ0) is 12.5. The van der Waals surface area contributed by atoms with E-state index in [-0.39, 0.29) is 11.4 Å². The van der Waals surface area contributed by atoms with Crippen LogP contribution in [0.15, 0.2) is 27.1 Å². The highest BCUT2D eigenvalue weighted by Gasteiger charge is 2.36. The molecule has 0 radical (unpaired) electrons. The maximum atomic E-state index is 12.2. The smallest absolute Gasteiger partial charge is 0.252 e. The summed E-state index contributed by atoms with van der Waals surface area (Å²) in [6.07, 6.45) is 4.42. The average Bonchev–Trinajstić information content (AvgIpc) is 2.26. The van der Waals surface area contributed by atoms with Crippen molar-refractivity contribution in [3.8, 4) is 0 Å². The van der Waals surface area contributed by atoms with Crippen molar-refractivity contribution in [3.05, 3.63) is 32.7 Å². The van der Waals surface area contributed by atoms with Crippen molar-refractivity contribution in [1.82, 2.24) is 5.32 Å². The van der Waals surface area contributed by atoms with Crippen LogP contribution in [-0.4, -0.2) is 11.4 Å². The second kappa shape index (κ2) is 5.11. The molecule has 2 nitrogen and oxygen atoms in total. The van der Waals surface area contributed by atoms with E-state index >= 15 is 0 Å². The van der Waals surface area contributed by atoms with Crippen LogP contribution in [0, 0.1) is 0 Å². The van der Waals surface area contributed by atoms with Crippen LogP contribution in [0.3, 0.4) is 0 Å². The van der Waals surface area contributed by atoms with Crippen molar-refractivity contribution in [1.29, 1.82) is 0 Å². The van der Waals surface area contributed by atoms with Crippen molar-refractivity contribution in [2.45, 2.75) is 38.1 Å². The van der Waals surface area contributed by atoms with E-state index in [1.54, 1.807) is 0 Å². The molecule has 92 valence electrons. The van der Waals surface area contributed by atoms with Crippen LogP contribution >= 0.6 is 31.9 Å². The summed E-state index contributed by atoms with van der Waals surface area (Å²) in [6, 6.07) is 5.65. The molecule has 1 amide bonds. The van der Waals surface area contributed by atoms with Gasteiger partial charge in [0.05, 0.1) is 5.56 Å². The van der Waals surface area contributed by atoms with Crippen LogP contribution in [-0.2, 0) is 0 Å². The van der Waals surface area contributed by atoms with Gasteiger partial charge in [0, 0.05) is 14.5 Å². The normalized spacial score (nSPS) is 17.4. The summed E-state index contributed by atoms with van der Waals surface area (Å²) in [5.74, 6) is 0.0136. The number of rotatable bonds is 3. The van der Waals surface area contributed by atoms with Gasteiger partial charge in [0.25, 0.3) is 5.91 Å². The molecule has 1 fully saturated rings. The molecule has 1 aliphatic carbocycles. The third-order valence-electron chi connectivity index (χ3n) is 3.54. The van der Waals surface area contributed by atoms with Gasteiger partial charge in [-0.3, -0.25) is 4.79 Å². The Balaban J connectivity index is 2.17. The topological polar surface area (TPSA) is 29.1 Å². The van der Waals surface area contributed by atoms with Gasteiger partial charge in [0.15, 0.2) is 0 Å². The van der Waals surface area contributed by atoms with Gasteiger partial charge in [-0.25, -0.2) is 0 Å².